The molecule has 0 spiro atoms. The smallest absolute Gasteiger partial charge is 0.181 e. The average Bonchev–Trinajstić information content (AvgIpc) is 3.01. The van der Waals surface area contributed by atoms with Crippen LogP contribution >= 0.6 is 11.3 Å². The van der Waals surface area contributed by atoms with Gasteiger partial charge in [-0.15, -0.1) is 0 Å². The van der Waals surface area contributed by atoms with Crippen LogP contribution in [0.5, 0.6) is 0 Å². The first-order chi connectivity index (χ1) is 10.2. The normalized spacial score (nSPS) is 13.9. The first-order valence-corrected chi connectivity index (χ1v) is 7.69. The molecule has 21 heavy (non-hydrogen) atoms. The topological polar surface area (TPSA) is 42.1 Å². The number of halogens is 1. The molecule has 1 aliphatic rings. The van der Waals surface area contributed by atoms with Crippen molar-refractivity contribution in [2.45, 2.75) is 13.0 Å². The Bertz CT molecular complexity index is 828. The van der Waals surface area contributed by atoms with Crippen LogP contribution in [0.3, 0.4) is 0 Å². The third-order valence-electron chi connectivity index (χ3n) is 3.88. The van der Waals surface area contributed by atoms with Gasteiger partial charge in [0, 0.05) is 18.8 Å². The summed E-state index contributed by atoms with van der Waals surface area (Å²) in [5.41, 5.74) is 10.1. The third-order valence-corrected chi connectivity index (χ3v) is 4.73. The highest BCUT2D eigenvalue weighted by Gasteiger charge is 2.19. The minimum Gasteiger partial charge on any atom is -0.375 e. The summed E-state index contributed by atoms with van der Waals surface area (Å²) in [5.74, 6) is -0.175. The van der Waals surface area contributed by atoms with Gasteiger partial charge in [0.05, 0.1) is 10.2 Å². The fourth-order valence-corrected chi connectivity index (χ4v) is 3.69. The molecule has 0 radical (unpaired) electrons. The molecule has 106 valence electrons. The predicted octanol–water partition coefficient (Wildman–Crippen LogP) is 3.58. The van der Waals surface area contributed by atoms with E-state index in [2.05, 4.69) is 22.0 Å². The molecular weight excluding hydrogens is 285 g/mol. The average molecular weight is 299 g/mol. The standard InChI is InChI=1S/C16H14FN3S/c17-12-3-2-11-5-6-20(14(11)8-12)9-10-1-4-13-15(7-10)21-16(18)19-13/h1-4,7-8H,5-6,9H2,(H2,18,19). The number of hydrogen-bond donors (Lipinski definition) is 1. The van der Waals surface area contributed by atoms with Crippen molar-refractivity contribution in [1.82, 2.24) is 4.98 Å². The van der Waals surface area contributed by atoms with E-state index in [9.17, 15) is 4.39 Å². The molecule has 5 heteroatoms. The van der Waals surface area contributed by atoms with E-state index in [1.807, 2.05) is 12.1 Å². The Balaban J connectivity index is 1.65. The lowest BCUT2D eigenvalue weighted by atomic mass is 10.1. The lowest BCUT2D eigenvalue weighted by Crippen LogP contribution is -2.19. The van der Waals surface area contributed by atoms with Crippen LogP contribution in [-0.2, 0) is 13.0 Å². The van der Waals surface area contributed by atoms with Gasteiger partial charge in [0.15, 0.2) is 5.13 Å². The van der Waals surface area contributed by atoms with Crippen molar-refractivity contribution in [3.8, 4) is 0 Å². The van der Waals surface area contributed by atoms with Gasteiger partial charge in [-0.25, -0.2) is 9.37 Å². The zero-order valence-electron chi connectivity index (χ0n) is 11.3. The minimum atomic E-state index is -0.175. The highest BCUT2D eigenvalue weighted by Crippen LogP contribution is 2.31. The van der Waals surface area contributed by atoms with Gasteiger partial charge in [-0.3, -0.25) is 0 Å². The maximum Gasteiger partial charge on any atom is 0.181 e. The van der Waals surface area contributed by atoms with Crippen LogP contribution in [0.15, 0.2) is 36.4 Å². The quantitative estimate of drug-likeness (QED) is 0.786. The molecule has 0 fully saturated rings. The number of hydrogen-bond acceptors (Lipinski definition) is 4. The van der Waals surface area contributed by atoms with Crippen LogP contribution in [0.25, 0.3) is 10.2 Å². The molecule has 0 atom stereocenters. The van der Waals surface area contributed by atoms with Crippen molar-refractivity contribution in [3.63, 3.8) is 0 Å². The van der Waals surface area contributed by atoms with E-state index >= 15 is 0 Å². The van der Waals surface area contributed by atoms with Crippen molar-refractivity contribution in [3.05, 3.63) is 53.3 Å². The van der Waals surface area contributed by atoms with Gasteiger partial charge in [0.1, 0.15) is 5.82 Å². The Labute approximate surface area is 125 Å². The number of thiazole rings is 1. The number of fused-ring (bicyclic) bond motifs is 2. The van der Waals surface area contributed by atoms with Crippen LogP contribution in [-0.4, -0.2) is 11.5 Å². The van der Waals surface area contributed by atoms with E-state index < -0.39 is 0 Å². The Morgan fingerprint density at radius 3 is 3.05 bits per heavy atom. The van der Waals surface area contributed by atoms with E-state index in [4.69, 9.17) is 5.73 Å². The molecule has 0 saturated carbocycles. The molecule has 4 rings (SSSR count). The number of nitrogens with zero attached hydrogens (tertiary/aromatic N) is 2. The molecule has 0 saturated heterocycles. The Morgan fingerprint density at radius 2 is 2.14 bits per heavy atom. The Hall–Kier alpha value is -2.14. The molecule has 1 aliphatic heterocycles. The summed E-state index contributed by atoms with van der Waals surface area (Å²) in [6, 6.07) is 11.2. The van der Waals surface area contributed by atoms with Crippen molar-refractivity contribution in [2.24, 2.45) is 0 Å². The summed E-state index contributed by atoms with van der Waals surface area (Å²) >= 11 is 1.50. The Kier molecular flexibility index (Phi) is 2.82. The molecule has 0 bridgehead atoms. The molecule has 0 aliphatic carbocycles. The van der Waals surface area contributed by atoms with Crippen LogP contribution in [0, 0.1) is 5.82 Å². The predicted molar refractivity (Wildman–Crippen MR) is 85.2 cm³/mol. The van der Waals surface area contributed by atoms with Gasteiger partial charge >= 0.3 is 0 Å². The minimum absolute atomic E-state index is 0.175. The zero-order valence-corrected chi connectivity index (χ0v) is 12.2. The van der Waals surface area contributed by atoms with Gasteiger partial charge < -0.3 is 10.6 Å². The van der Waals surface area contributed by atoms with E-state index in [0.29, 0.717) is 5.13 Å². The second kappa shape index (κ2) is 4.70. The monoisotopic (exact) mass is 299 g/mol. The largest absolute Gasteiger partial charge is 0.375 e. The SMILES string of the molecule is Nc1nc2ccc(CN3CCc4ccc(F)cc43)cc2s1. The van der Waals surface area contributed by atoms with Crippen LogP contribution in [0.1, 0.15) is 11.1 Å². The summed E-state index contributed by atoms with van der Waals surface area (Å²) < 4.78 is 14.5. The lowest BCUT2D eigenvalue weighted by molar-refractivity contribution is 0.627. The number of benzene rings is 2. The summed E-state index contributed by atoms with van der Waals surface area (Å²) in [7, 11) is 0. The highest BCUT2D eigenvalue weighted by atomic mass is 32.1. The van der Waals surface area contributed by atoms with Gasteiger partial charge in [-0.2, -0.15) is 0 Å². The molecule has 0 amide bonds. The van der Waals surface area contributed by atoms with Crippen molar-refractivity contribution >= 4 is 32.4 Å². The molecule has 2 aromatic carbocycles. The number of aromatic nitrogens is 1. The molecule has 1 aromatic heterocycles. The van der Waals surface area contributed by atoms with Crippen LogP contribution < -0.4 is 10.6 Å². The van der Waals surface area contributed by atoms with E-state index in [-0.39, 0.29) is 5.82 Å². The Morgan fingerprint density at radius 1 is 1.24 bits per heavy atom. The maximum atomic E-state index is 13.4. The number of nitrogen functional groups attached to an aromatic ring is 1. The summed E-state index contributed by atoms with van der Waals surface area (Å²) in [6.07, 6.45) is 0.978. The van der Waals surface area contributed by atoms with Crippen molar-refractivity contribution in [1.29, 1.82) is 0 Å². The first-order valence-electron chi connectivity index (χ1n) is 6.87. The van der Waals surface area contributed by atoms with Gasteiger partial charge in [0.25, 0.3) is 0 Å². The van der Waals surface area contributed by atoms with Gasteiger partial charge in [-0.05, 0) is 41.8 Å². The number of anilines is 2. The fourth-order valence-electron chi connectivity index (χ4n) is 2.89. The first kappa shape index (κ1) is 12.6. The second-order valence-electron chi connectivity index (χ2n) is 5.30. The summed E-state index contributed by atoms with van der Waals surface area (Å²) in [6.45, 7) is 1.71. The molecule has 2 N–H and O–H groups in total. The molecule has 2 heterocycles. The summed E-state index contributed by atoms with van der Waals surface area (Å²) in [5, 5.41) is 0.593. The van der Waals surface area contributed by atoms with E-state index in [1.165, 1.54) is 28.5 Å². The van der Waals surface area contributed by atoms with E-state index in [1.54, 1.807) is 6.07 Å². The number of rotatable bonds is 2. The van der Waals surface area contributed by atoms with Crippen LogP contribution in [0.4, 0.5) is 15.2 Å². The second-order valence-corrected chi connectivity index (χ2v) is 6.36. The highest BCUT2D eigenvalue weighted by molar-refractivity contribution is 7.22. The van der Waals surface area contributed by atoms with Crippen LogP contribution in [0.2, 0.25) is 0 Å². The fraction of sp³-hybridized carbons (Fsp3) is 0.188. The summed E-state index contributed by atoms with van der Waals surface area (Å²) in [4.78, 5) is 6.49. The zero-order chi connectivity index (χ0) is 14.4. The third kappa shape index (κ3) is 2.23. The van der Waals surface area contributed by atoms with E-state index in [0.717, 1.165) is 35.4 Å². The van der Waals surface area contributed by atoms with Crippen molar-refractivity contribution < 1.29 is 4.39 Å². The molecular formula is C16H14FN3S. The van der Waals surface area contributed by atoms with Gasteiger partial charge in [-0.1, -0.05) is 23.5 Å². The molecule has 3 nitrogen and oxygen atoms in total. The molecule has 3 aromatic rings. The molecule has 0 unspecified atom stereocenters. The number of nitrogens with two attached hydrogens (primary N) is 1. The van der Waals surface area contributed by atoms with Gasteiger partial charge in [0.2, 0.25) is 0 Å². The maximum absolute atomic E-state index is 13.4. The van der Waals surface area contributed by atoms with Crippen molar-refractivity contribution in [2.75, 3.05) is 17.2 Å². The lowest BCUT2D eigenvalue weighted by Gasteiger charge is -2.19.